The summed E-state index contributed by atoms with van der Waals surface area (Å²) < 4.78 is 15.3. The highest BCUT2D eigenvalue weighted by Crippen LogP contribution is 2.41. The Bertz CT molecular complexity index is 1040. The minimum Gasteiger partial charge on any atom is -0.506 e. The molecule has 2 aromatic carbocycles. The normalized spacial score (nSPS) is 16.2. The number of carbonyl (C=O) groups excluding carboxylic acids is 1. The van der Waals surface area contributed by atoms with Crippen LogP contribution in [0.5, 0.6) is 17.2 Å². The number of hydrogen-bond donors (Lipinski definition) is 2. The summed E-state index contributed by atoms with van der Waals surface area (Å²) in [6.45, 7) is 2.46. The molecule has 0 unspecified atom stereocenters. The molecule has 0 fully saturated rings. The van der Waals surface area contributed by atoms with Crippen LogP contribution in [0.15, 0.2) is 63.7 Å². The van der Waals surface area contributed by atoms with Crippen LogP contribution < -0.4 is 9.47 Å². The van der Waals surface area contributed by atoms with Crippen molar-refractivity contribution in [1.82, 2.24) is 0 Å². The molecule has 0 spiro atoms. The van der Waals surface area contributed by atoms with Crippen LogP contribution in [0.4, 0.5) is 5.69 Å². The highest BCUT2D eigenvalue weighted by molar-refractivity contribution is 8.18. The Balaban J connectivity index is 1.97. The fraction of sp³-hybridized carbons (Fsp3) is 0.182. The molecule has 7 nitrogen and oxygen atoms in total. The number of hydrogen-bond acceptors (Lipinski definition) is 8. The Morgan fingerprint density at radius 3 is 2.47 bits per heavy atom. The SMILES string of the molecule is CCOc1ccc(N=C2SC(=Cc3ccc(OC)c(O)c3)C(O)=C2C(=O)OC)cc1. The van der Waals surface area contributed by atoms with Crippen molar-refractivity contribution in [2.24, 2.45) is 4.99 Å². The van der Waals surface area contributed by atoms with Crippen molar-refractivity contribution in [2.75, 3.05) is 20.8 Å². The second kappa shape index (κ2) is 9.41. The minimum absolute atomic E-state index is 0.0135. The number of phenolic OH excluding ortho intramolecular Hbond substituents is 1. The van der Waals surface area contributed by atoms with E-state index in [9.17, 15) is 15.0 Å². The number of aliphatic hydroxyl groups is 1. The molecule has 8 heteroatoms. The number of aliphatic hydroxyl groups excluding tert-OH is 1. The second-order valence-electron chi connectivity index (χ2n) is 6.10. The lowest BCUT2D eigenvalue weighted by molar-refractivity contribution is -0.135. The first-order valence-electron chi connectivity index (χ1n) is 9.07. The third-order valence-electron chi connectivity index (χ3n) is 4.16. The summed E-state index contributed by atoms with van der Waals surface area (Å²) >= 11 is 1.13. The van der Waals surface area contributed by atoms with Crippen LogP contribution in [0.3, 0.4) is 0 Å². The molecule has 2 N–H and O–H groups in total. The Hall–Kier alpha value is -3.39. The molecular formula is C22H21NO6S. The standard InChI is InChI=1S/C22H21NO6S/c1-4-29-15-8-6-14(7-9-15)23-21-19(22(26)28-3)20(25)18(30-21)12-13-5-10-17(27-2)16(24)11-13/h5-12,24-25H,4H2,1-3H3. The average Bonchev–Trinajstić information content (AvgIpc) is 3.04. The lowest BCUT2D eigenvalue weighted by Crippen LogP contribution is -2.10. The molecule has 1 aliphatic rings. The van der Waals surface area contributed by atoms with Gasteiger partial charge in [-0.1, -0.05) is 17.8 Å². The Morgan fingerprint density at radius 1 is 1.13 bits per heavy atom. The number of methoxy groups -OCH3 is 2. The molecule has 0 saturated heterocycles. The minimum atomic E-state index is -0.689. The molecule has 3 rings (SSSR count). The highest BCUT2D eigenvalue weighted by Gasteiger charge is 2.33. The molecule has 0 atom stereocenters. The van der Waals surface area contributed by atoms with Gasteiger partial charge in [0.15, 0.2) is 11.5 Å². The van der Waals surface area contributed by atoms with Crippen LogP contribution in [0.2, 0.25) is 0 Å². The molecule has 156 valence electrons. The van der Waals surface area contributed by atoms with Gasteiger partial charge in [0.25, 0.3) is 0 Å². The van der Waals surface area contributed by atoms with Gasteiger partial charge in [-0.25, -0.2) is 9.79 Å². The van der Waals surface area contributed by atoms with E-state index in [4.69, 9.17) is 14.2 Å². The number of benzene rings is 2. The van der Waals surface area contributed by atoms with E-state index in [0.717, 1.165) is 11.8 Å². The van der Waals surface area contributed by atoms with E-state index in [1.807, 2.05) is 6.92 Å². The van der Waals surface area contributed by atoms with E-state index < -0.39 is 5.97 Å². The van der Waals surface area contributed by atoms with Crippen molar-refractivity contribution in [1.29, 1.82) is 0 Å². The van der Waals surface area contributed by atoms with Gasteiger partial charge in [0, 0.05) is 0 Å². The van der Waals surface area contributed by atoms with Crippen molar-refractivity contribution in [3.8, 4) is 17.2 Å². The van der Waals surface area contributed by atoms with Gasteiger partial charge in [-0.15, -0.1) is 0 Å². The number of rotatable bonds is 6. The van der Waals surface area contributed by atoms with Gasteiger partial charge in [-0.3, -0.25) is 0 Å². The molecule has 0 radical (unpaired) electrons. The number of nitrogens with zero attached hydrogens (tertiary/aromatic N) is 1. The molecule has 2 aromatic rings. The Morgan fingerprint density at radius 2 is 1.87 bits per heavy atom. The molecule has 30 heavy (non-hydrogen) atoms. The third-order valence-corrected chi connectivity index (χ3v) is 5.18. The van der Waals surface area contributed by atoms with Crippen molar-refractivity contribution in [2.45, 2.75) is 6.92 Å². The van der Waals surface area contributed by atoms with Crippen LogP contribution in [-0.4, -0.2) is 42.1 Å². The summed E-state index contributed by atoms with van der Waals surface area (Å²) in [5.41, 5.74) is 1.20. The van der Waals surface area contributed by atoms with E-state index in [1.165, 1.54) is 20.3 Å². The van der Waals surface area contributed by atoms with E-state index in [2.05, 4.69) is 4.99 Å². The fourth-order valence-corrected chi connectivity index (χ4v) is 3.77. The molecule has 0 saturated carbocycles. The summed E-state index contributed by atoms with van der Waals surface area (Å²) in [4.78, 5) is 17.2. The van der Waals surface area contributed by atoms with Crippen LogP contribution in [-0.2, 0) is 9.53 Å². The number of phenols is 1. The van der Waals surface area contributed by atoms with Crippen LogP contribution in [0, 0.1) is 0 Å². The van der Waals surface area contributed by atoms with Crippen molar-refractivity contribution in [3.63, 3.8) is 0 Å². The summed E-state index contributed by atoms with van der Waals surface area (Å²) in [5, 5.41) is 20.9. The molecule has 0 amide bonds. The van der Waals surface area contributed by atoms with Crippen LogP contribution in [0.1, 0.15) is 12.5 Å². The lowest BCUT2D eigenvalue weighted by Gasteiger charge is -2.04. The summed E-state index contributed by atoms with van der Waals surface area (Å²) in [7, 11) is 2.70. The number of aromatic hydroxyl groups is 1. The van der Waals surface area contributed by atoms with Gasteiger partial charge < -0.3 is 24.4 Å². The predicted octanol–water partition coefficient (Wildman–Crippen LogP) is 4.60. The first-order chi connectivity index (χ1) is 14.5. The van der Waals surface area contributed by atoms with E-state index in [0.29, 0.717) is 39.3 Å². The molecule has 0 aliphatic carbocycles. The van der Waals surface area contributed by atoms with Crippen molar-refractivity contribution < 1.29 is 29.2 Å². The van der Waals surface area contributed by atoms with Crippen molar-refractivity contribution in [3.05, 3.63) is 64.3 Å². The predicted molar refractivity (Wildman–Crippen MR) is 117 cm³/mol. The van der Waals surface area contributed by atoms with Gasteiger partial charge in [0.2, 0.25) is 0 Å². The molecule has 0 bridgehead atoms. The zero-order valence-corrected chi connectivity index (χ0v) is 17.5. The van der Waals surface area contributed by atoms with Gasteiger partial charge in [-0.2, -0.15) is 0 Å². The summed E-state index contributed by atoms with van der Waals surface area (Å²) in [6.07, 6.45) is 1.64. The number of aliphatic imine (C=N–C) groups is 1. The number of thioether (sulfide) groups is 1. The number of carbonyl (C=O) groups is 1. The van der Waals surface area contributed by atoms with Crippen molar-refractivity contribution >= 4 is 34.5 Å². The molecule has 1 aliphatic heterocycles. The largest absolute Gasteiger partial charge is 0.506 e. The lowest BCUT2D eigenvalue weighted by atomic mass is 10.1. The second-order valence-corrected chi connectivity index (χ2v) is 7.13. The van der Waals surface area contributed by atoms with Crippen LogP contribution in [0.25, 0.3) is 6.08 Å². The first kappa shape index (κ1) is 21.3. The monoisotopic (exact) mass is 427 g/mol. The molecule has 0 aromatic heterocycles. The number of esters is 1. The molecular weight excluding hydrogens is 406 g/mol. The zero-order valence-electron chi connectivity index (χ0n) is 16.7. The summed E-state index contributed by atoms with van der Waals surface area (Å²) in [6, 6.07) is 11.9. The maximum absolute atomic E-state index is 12.3. The Kier molecular flexibility index (Phi) is 6.68. The van der Waals surface area contributed by atoms with Gasteiger partial charge in [0.05, 0.1) is 31.4 Å². The smallest absolute Gasteiger partial charge is 0.344 e. The quantitative estimate of drug-likeness (QED) is 0.650. The van der Waals surface area contributed by atoms with Crippen LogP contribution >= 0.6 is 11.8 Å². The third kappa shape index (κ3) is 4.60. The van der Waals surface area contributed by atoms with Gasteiger partial charge >= 0.3 is 5.97 Å². The van der Waals surface area contributed by atoms with Gasteiger partial charge in [-0.05, 0) is 55.0 Å². The molecule has 1 heterocycles. The van der Waals surface area contributed by atoms with E-state index in [1.54, 1.807) is 42.5 Å². The average molecular weight is 427 g/mol. The fourth-order valence-electron chi connectivity index (χ4n) is 2.74. The first-order valence-corrected chi connectivity index (χ1v) is 9.88. The summed E-state index contributed by atoms with van der Waals surface area (Å²) in [5.74, 6) is 0.100. The van der Waals surface area contributed by atoms with Gasteiger partial charge in [0.1, 0.15) is 22.1 Å². The van der Waals surface area contributed by atoms with E-state index >= 15 is 0 Å². The zero-order chi connectivity index (χ0) is 21.7. The Labute approximate surface area is 178 Å². The topological polar surface area (TPSA) is 97.6 Å². The maximum atomic E-state index is 12.3. The van der Waals surface area contributed by atoms with E-state index in [-0.39, 0.29) is 17.1 Å². The maximum Gasteiger partial charge on any atom is 0.344 e. The number of ether oxygens (including phenoxy) is 3. The highest BCUT2D eigenvalue weighted by atomic mass is 32.2.